The van der Waals surface area contributed by atoms with Gasteiger partial charge in [0.25, 0.3) is 5.91 Å². The van der Waals surface area contributed by atoms with Gasteiger partial charge in [-0.25, -0.2) is 9.97 Å². The average Bonchev–Trinajstić information content (AvgIpc) is 3.40. The van der Waals surface area contributed by atoms with Crippen molar-refractivity contribution < 1.29 is 9.53 Å². The lowest BCUT2D eigenvalue weighted by molar-refractivity contribution is 0.102. The summed E-state index contributed by atoms with van der Waals surface area (Å²) in [7, 11) is 0. The molecular weight excluding hydrogens is 416 g/mol. The van der Waals surface area contributed by atoms with E-state index in [1.807, 2.05) is 30.7 Å². The van der Waals surface area contributed by atoms with Gasteiger partial charge in [0.15, 0.2) is 0 Å². The number of benzene rings is 1. The summed E-state index contributed by atoms with van der Waals surface area (Å²) >= 11 is 2.98. The molecule has 148 valence electrons. The number of nitrogens with zero attached hydrogens (tertiary/aromatic N) is 3. The monoisotopic (exact) mass is 432 g/mol. The number of thiophene rings is 1. The summed E-state index contributed by atoms with van der Waals surface area (Å²) < 4.78 is 5.74. The van der Waals surface area contributed by atoms with E-state index in [2.05, 4.69) is 21.4 Å². The minimum atomic E-state index is -0.195. The molecule has 4 aromatic rings. The second-order valence-corrected chi connectivity index (χ2v) is 8.23. The topological polar surface area (TPSA) is 87.9 Å². The standard InChI is InChI=1S/C22H16N4O2S2/c1-13-10-17(28-21-15(11-23)4-3-8-24-21)5-6-18(13)26-20(27)19-14(2)25-22(30-19)16-7-9-29-12-16/h3-10,12H,1-2H3,(H,26,27). The van der Waals surface area contributed by atoms with Crippen molar-refractivity contribution in [1.29, 1.82) is 5.26 Å². The van der Waals surface area contributed by atoms with Crippen LogP contribution in [0.4, 0.5) is 5.69 Å². The molecule has 0 spiro atoms. The Hall–Kier alpha value is -3.54. The number of rotatable bonds is 5. The van der Waals surface area contributed by atoms with Crippen molar-refractivity contribution in [1.82, 2.24) is 9.97 Å². The molecule has 0 atom stereocenters. The third kappa shape index (κ3) is 4.08. The van der Waals surface area contributed by atoms with Gasteiger partial charge in [-0.15, -0.1) is 11.3 Å². The minimum absolute atomic E-state index is 0.195. The molecule has 0 aliphatic rings. The number of aryl methyl sites for hydroxylation is 2. The molecule has 1 aromatic carbocycles. The van der Waals surface area contributed by atoms with E-state index in [-0.39, 0.29) is 11.8 Å². The quantitative estimate of drug-likeness (QED) is 0.431. The fraction of sp³-hybridized carbons (Fsp3) is 0.0909. The first-order chi connectivity index (χ1) is 14.5. The van der Waals surface area contributed by atoms with Crippen LogP contribution in [-0.2, 0) is 0 Å². The lowest BCUT2D eigenvalue weighted by Gasteiger charge is -2.11. The van der Waals surface area contributed by atoms with Crippen LogP contribution in [-0.4, -0.2) is 15.9 Å². The third-order valence-electron chi connectivity index (χ3n) is 4.32. The van der Waals surface area contributed by atoms with Crippen molar-refractivity contribution in [3.8, 4) is 28.3 Å². The fourth-order valence-electron chi connectivity index (χ4n) is 2.80. The van der Waals surface area contributed by atoms with Crippen LogP contribution in [0.2, 0.25) is 0 Å². The van der Waals surface area contributed by atoms with E-state index in [4.69, 9.17) is 10.00 Å². The Kier molecular flexibility index (Phi) is 5.57. The molecule has 0 unspecified atom stereocenters. The van der Waals surface area contributed by atoms with Crippen LogP contribution < -0.4 is 10.1 Å². The normalized spacial score (nSPS) is 10.4. The van der Waals surface area contributed by atoms with Crippen molar-refractivity contribution in [2.24, 2.45) is 0 Å². The zero-order valence-electron chi connectivity index (χ0n) is 16.2. The van der Waals surface area contributed by atoms with Crippen molar-refractivity contribution in [2.45, 2.75) is 13.8 Å². The minimum Gasteiger partial charge on any atom is -0.438 e. The SMILES string of the molecule is Cc1cc(Oc2ncccc2C#N)ccc1NC(=O)c1sc(-c2ccsc2)nc1C. The number of hydrogen-bond donors (Lipinski definition) is 1. The Bertz CT molecular complexity index is 1260. The summed E-state index contributed by atoms with van der Waals surface area (Å²) in [4.78, 5) is 22.0. The van der Waals surface area contributed by atoms with Gasteiger partial charge in [-0.1, -0.05) is 0 Å². The molecule has 0 aliphatic heterocycles. The molecule has 0 fully saturated rings. The van der Waals surface area contributed by atoms with Crippen LogP contribution in [0, 0.1) is 25.2 Å². The molecule has 3 heterocycles. The largest absolute Gasteiger partial charge is 0.438 e. The number of pyridine rings is 1. The number of carbonyl (C=O) groups is 1. The van der Waals surface area contributed by atoms with Crippen LogP contribution in [0.15, 0.2) is 53.4 Å². The molecule has 1 N–H and O–H groups in total. The maximum atomic E-state index is 12.8. The highest BCUT2D eigenvalue weighted by atomic mass is 32.1. The molecule has 30 heavy (non-hydrogen) atoms. The number of thiazole rings is 1. The summed E-state index contributed by atoms with van der Waals surface area (Å²) in [5.74, 6) is 0.589. The van der Waals surface area contributed by atoms with E-state index in [0.29, 0.717) is 27.6 Å². The maximum Gasteiger partial charge on any atom is 0.267 e. The third-order valence-corrected chi connectivity index (χ3v) is 6.21. The van der Waals surface area contributed by atoms with Crippen LogP contribution in [0.3, 0.4) is 0 Å². The predicted octanol–water partition coefficient (Wildman–Crippen LogP) is 5.80. The van der Waals surface area contributed by atoms with Gasteiger partial charge in [0, 0.05) is 22.8 Å². The summed E-state index contributed by atoms with van der Waals surface area (Å²) in [6.45, 7) is 3.72. The molecular formula is C22H16N4O2S2. The molecule has 6 nitrogen and oxygen atoms in total. The van der Waals surface area contributed by atoms with Crippen LogP contribution in [0.25, 0.3) is 10.6 Å². The lowest BCUT2D eigenvalue weighted by atomic mass is 10.2. The van der Waals surface area contributed by atoms with Gasteiger partial charge in [-0.2, -0.15) is 16.6 Å². The Morgan fingerprint density at radius 2 is 2.10 bits per heavy atom. The number of hydrogen-bond acceptors (Lipinski definition) is 7. The first-order valence-corrected chi connectivity index (χ1v) is 10.8. The molecule has 0 bridgehead atoms. The van der Waals surface area contributed by atoms with Crippen molar-refractivity contribution in [2.75, 3.05) is 5.32 Å². The van der Waals surface area contributed by atoms with Crippen molar-refractivity contribution in [3.05, 3.63) is 75.1 Å². The van der Waals surface area contributed by atoms with Crippen LogP contribution in [0.1, 0.15) is 26.5 Å². The Balaban J connectivity index is 1.52. The Labute approximate surface area is 181 Å². The van der Waals surface area contributed by atoms with E-state index >= 15 is 0 Å². The molecule has 0 saturated carbocycles. The van der Waals surface area contributed by atoms with Crippen molar-refractivity contribution >= 4 is 34.3 Å². The number of amides is 1. The summed E-state index contributed by atoms with van der Waals surface area (Å²) in [5.41, 5.74) is 3.59. The van der Waals surface area contributed by atoms with Gasteiger partial charge in [-0.3, -0.25) is 4.79 Å². The van der Waals surface area contributed by atoms with E-state index in [1.165, 1.54) is 11.3 Å². The van der Waals surface area contributed by atoms with E-state index < -0.39 is 0 Å². The zero-order valence-corrected chi connectivity index (χ0v) is 17.8. The predicted molar refractivity (Wildman–Crippen MR) is 118 cm³/mol. The van der Waals surface area contributed by atoms with Gasteiger partial charge >= 0.3 is 0 Å². The highest BCUT2D eigenvalue weighted by molar-refractivity contribution is 7.17. The maximum absolute atomic E-state index is 12.8. The molecule has 3 aromatic heterocycles. The second-order valence-electron chi connectivity index (χ2n) is 6.45. The van der Waals surface area contributed by atoms with Crippen molar-refractivity contribution in [3.63, 3.8) is 0 Å². The molecule has 0 aliphatic carbocycles. The number of aromatic nitrogens is 2. The van der Waals surface area contributed by atoms with Gasteiger partial charge in [0.05, 0.1) is 5.69 Å². The molecule has 0 saturated heterocycles. The number of anilines is 1. The summed E-state index contributed by atoms with van der Waals surface area (Å²) in [5, 5.41) is 17.0. The zero-order chi connectivity index (χ0) is 21.1. The van der Waals surface area contributed by atoms with Gasteiger partial charge in [0.1, 0.15) is 27.3 Å². The molecule has 1 amide bonds. The van der Waals surface area contributed by atoms with Crippen LogP contribution >= 0.6 is 22.7 Å². The fourth-order valence-corrected chi connectivity index (χ4v) is 4.48. The Morgan fingerprint density at radius 3 is 2.83 bits per heavy atom. The molecule has 0 radical (unpaired) electrons. The Morgan fingerprint density at radius 1 is 1.23 bits per heavy atom. The van der Waals surface area contributed by atoms with E-state index in [1.54, 1.807) is 47.9 Å². The van der Waals surface area contributed by atoms with E-state index in [9.17, 15) is 4.79 Å². The van der Waals surface area contributed by atoms with E-state index in [0.717, 1.165) is 16.1 Å². The first-order valence-electron chi connectivity index (χ1n) is 9.00. The highest BCUT2D eigenvalue weighted by Gasteiger charge is 2.17. The number of nitrogens with one attached hydrogen (secondary N) is 1. The van der Waals surface area contributed by atoms with Gasteiger partial charge < -0.3 is 10.1 Å². The summed E-state index contributed by atoms with van der Waals surface area (Å²) in [6, 6.07) is 12.7. The summed E-state index contributed by atoms with van der Waals surface area (Å²) in [6.07, 6.45) is 1.57. The second kappa shape index (κ2) is 8.45. The number of nitriles is 1. The molecule has 4 rings (SSSR count). The van der Waals surface area contributed by atoms with Gasteiger partial charge in [-0.05, 0) is 61.2 Å². The number of ether oxygens (including phenoxy) is 1. The molecule has 8 heteroatoms. The lowest BCUT2D eigenvalue weighted by Crippen LogP contribution is -2.12. The van der Waals surface area contributed by atoms with Crippen LogP contribution in [0.5, 0.6) is 11.6 Å². The first kappa shape index (κ1) is 19.8. The smallest absolute Gasteiger partial charge is 0.267 e. The highest BCUT2D eigenvalue weighted by Crippen LogP contribution is 2.31. The van der Waals surface area contributed by atoms with Gasteiger partial charge in [0.2, 0.25) is 5.88 Å². The average molecular weight is 433 g/mol. The number of carbonyl (C=O) groups excluding carboxylic acids is 1.